The van der Waals surface area contributed by atoms with Crippen LogP contribution in [0.1, 0.15) is 93.4 Å². The monoisotopic (exact) mass is 474 g/mol. The number of carbonyl (C=O) groups excluding carboxylic acids is 2. The number of fused-ring (bicyclic) bond motifs is 4. The molecule has 3 N–H and O–H groups in total. The predicted octanol–water partition coefficient (Wildman–Crippen LogP) is 3.70. The number of cyclic esters (lactones) is 1. The van der Waals surface area contributed by atoms with Crippen molar-refractivity contribution in [1.29, 1.82) is 0 Å². The molecule has 190 valence electrons. The Morgan fingerprint density at radius 3 is 2.12 bits per heavy atom. The molecule has 0 aromatic rings. The van der Waals surface area contributed by atoms with Gasteiger partial charge >= 0.3 is 5.97 Å². The lowest BCUT2D eigenvalue weighted by Crippen LogP contribution is -2.63. The number of esters is 1. The third-order valence-electron chi connectivity index (χ3n) is 12.4. The van der Waals surface area contributed by atoms with Crippen molar-refractivity contribution < 1.29 is 29.6 Å². The van der Waals surface area contributed by atoms with E-state index in [0.29, 0.717) is 49.7 Å². The van der Waals surface area contributed by atoms with E-state index < -0.39 is 51.0 Å². The minimum absolute atomic E-state index is 0.0346. The summed E-state index contributed by atoms with van der Waals surface area (Å²) in [5, 5.41) is 34.2. The van der Waals surface area contributed by atoms with E-state index in [1.54, 1.807) is 0 Å². The zero-order chi connectivity index (χ0) is 25.3. The molecule has 34 heavy (non-hydrogen) atoms. The highest BCUT2D eigenvalue weighted by Gasteiger charge is 2.76. The number of ketones is 1. The molecule has 6 nitrogen and oxygen atoms in total. The fourth-order valence-corrected chi connectivity index (χ4v) is 9.69. The molecular formula is C28H42O6. The van der Waals surface area contributed by atoms with E-state index in [9.17, 15) is 24.9 Å². The van der Waals surface area contributed by atoms with Gasteiger partial charge in [0.2, 0.25) is 0 Å². The summed E-state index contributed by atoms with van der Waals surface area (Å²) in [6.45, 7) is 14.4. The van der Waals surface area contributed by atoms with Crippen molar-refractivity contribution in [2.75, 3.05) is 0 Å². The molecule has 6 heteroatoms. The Morgan fingerprint density at radius 2 is 1.53 bits per heavy atom. The summed E-state index contributed by atoms with van der Waals surface area (Å²) in [5.41, 5.74) is -2.40. The Labute approximate surface area is 203 Å². The number of Topliss-reactive ketones (excluding diaryl/α,β-unsaturated/α-hetero) is 1. The second-order valence-electron chi connectivity index (χ2n) is 13.8. The summed E-state index contributed by atoms with van der Waals surface area (Å²) in [6, 6.07) is 0. The standard InChI is InChI=1S/C28H42O6/c1-23(2)17-12-15(29)22-21(24(17,3)10-8-18(23)31)16(30)13-26(5)25(4,14-19(32)28(22,26)7)27(6)11-9-20(33)34-27/h15,17-19,29,31-32H,8-14H2,1-7H3/t15?,17-,18-,19+,24-,25-,26+,27-,28-/m0/s1. The molecule has 0 bridgehead atoms. The van der Waals surface area contributed by atoms with Crippen molar-refractivity contribution >= 4 is 11.8 Å². The maximum absolute atomic E-state index is 14.2. The van der Waals surface area contributed by atoms with Crippen LogP contribution >= 0.6 is 0 Å². The van der Waals surface area contributed by atoms with E-state index in [1.165, 1.54) is 0 Å². The first-order valence-electron chi connectivity index (χ1n) is 13.0. The molecule has 1 heterocycles. The zero-order valence-electron chi connectivity index (χ0n) is 21.8. The number of aliphatic hydroxyl groups excluding tert-OH is 3. The molecule has 0 radical (unpaired) electrons. The zero-order valence-corrected chi connectivity index (χ0v) is 21.8. The molecule has 1 aliphatic heterocycles. The maximum Gasteiger partial charge on any atom is 0.306 e. The van der Waals surface area contributed by atoms with E-state index in [4.69, 9.17) is 4.74 Å². The average Bonchev–Trinajstić information content (AvgIpc) is 3.16. The van der Waals surface area contributed by atoms with Gasteiger partial charge in [0.1, 0.15) is 5.60 Å². The van der Waals surface area contributed by atoms with Gasteiger partial charge < -0.3 is 20.1 Å². The number of carbonyl (C=O) groups is 2. The topological polar surface area (TPSA) is 104 Å². The summed E-state index contributed by atoms with van der Waals surface area (Å²) >= 11 is 0. The van der Waals surface area contributed by atoms with Gasteiger partial charge in [0.25, 0.3) is 0 Å². The Kier molecular flexibility index (Phi) is 4.85. The van der Waals surface area contributed by atoms with Crippen LogP contribution < -0.4 is 0 Å². The molecule has 4 aliphatic carbocycles. The van der Waals surface area contributed by atoms with E-state index in [-0.39, 0.29) is 24.1 Å². The lowest BCUT2D eigenvalue weighted by atomic mass is 9.40. The maximum atomic E-state index is 14.2. The van der Waals surface area contributed by atoms with Crippen molar-refractivity contribution in [3.05, 3.63) is 11.1 Å². The quantitative estimate of drug-likeness (QED) is 0.501. The number of aliphatic hydroxyl groups is 3. The molecular weight excluding hydrogens is 432 g/mol. The second-order valence-corrected chi connectivity index (χ2v) is 13.8. The fourth-order valence-electron chi connectivity index (χ4n) is 9.69. The minimum Gasteiger partial charge on any atom is -0.459 e. The minimum atomic E-state index is -0.859. The molecule has 5 aliphatic rings. The van der Waals surface area contributed by atoms with Crippen LogP contribution in [0.2, 0.25) is 0 Å². The molecule has 3 fully saturated rings. The summed E-state index contributed by atoms with van der Waals surface area (Å²) in [7, 11) is 0. The molecule has 5 rings (SSSR count). The van der Waals surface area contributed by atoms with Gasteiger partial charge in [0.15, 0.2) is 5.78 Å². The molecule has 0 spiro atoms. The van der Waals surface area contributed by atoms with Gasteiger partial charge in [-0.3, -0.25) is 9.59 Å². The molecule has 0 amide bonds. The predicted molar refractivity (Wildman–Crippen MR) is 127 cm³/mol. The van der Waals surface area contributed by atoms with E-state index in [0.717, 1.165) is 0 Å². The van der Waals surface area contributed by atoms with Crippen molar-refractivity contribution in [1.82, 2.24) is 0 Å². The molecule has 0 aromatic heterocycles. The van der Waals surface area contributed by atoms with Crippen molar-refractivity contribution in [2.45, 2.75) is 117 Å². The normalized spacial score (nSPS) is 54.4. The van der Waals surface area contributed by atoms with Gasteiger partial charge in [-0.05, 0) is 66.8 Å². The van der Waals surface area contributed by atoms with Crippen LogP contribution in [-0.2, 0) is 14.3 Å². The van der Waals surface area contributed by atoms with Gasteiger partial charge in [0.05, 0.1) is 18.3 Å². The van der Waals surface area contributed by atoms with Gasteiger partial charge in [-0.1, -0.05) is 41.5 Å². The van der Waals surface area contributed by atoms with Crippen LogP contribution in [0.4, 0.5) is 0 Å². The van der Waals surface area contributed by atoms with Crippen LogP contribution in [0, 0.1) is 33.0 Å². The first-order chi connectivity index (χ1) is 15.5. The molecule has 0 aromatic carbocycles. The molecule has 9 atom stereocenters. The highest BCUT2D eigenvalue weighted by atomic mass is 16.6. The molecule has 1 saturated heterocycles. The van der Waals surface area contributed by atoms with Gasteiger partial charge in [-0.15, -0.1) is 0 Å². The number of hydrogen-bond donors (Lipinski definition) is 3. The first-order valence-corrected chi connectivity index (χ1v) is 13.0. The smallest absolute Gasteiger partial charge is 0.306 e. The van der Waals surface area contributed by atoms with Gasteiger partial charge in [0, 0.05) is 29.2 Å². The Morgan fingerprint density at radius 1 is 0.882 bits per heavy atom. The average molecular weight is 475 g/mol. The summed E-state index contributed by atoms with van der Waals surface area (Å²) in [5.74, 6) is -0.220. The van der Waals surface area contributed by atoms with E-state index >= 15 is 0 Å². The van der Waals surface area contributed by atoms with Crippen molar-refractivity contribution in [2.24, 2.45) is 33.0 Å². The molecule has 2 saturated carbocycles. The third-order valence-corrected chi connectivity index (χ3v) is 12.4. The lowest BCUT2D eigenvalue weighted by Gasteiger charge is -2.64. The van der Waals surface area contributed by atoms with Gasteiger partial charge in [-0.2, -0.15) is 0 Å². The number of ether oxygens (including phenoxy) is 1. The van der Waals surface area contributed by atoms with Crippen LogP contribution in [0.15, 0.2) is 11.1 Å². The highest BCUT2D eigenvalue weighted by molar-refractivity contribution is 6.00. The van der Waals surface area contributed by atoms with E-state index in [2.05, 4.69) is 20.8 Å². The highest BCUT2D eigenvalue weighted by Crippen LogP contribution is 2.76. The largest absolute Gasteiger partial charge is 0.459 e. The number of hydrogen-bond acceptors (Lipinski definition) is 6. The van der Waals surface area contributed by atoms with Crippen LogP contribution in [-0.4, -0.2) is 51.0 Å². The van der Waals surface area contributed by atoms with Crippen LogP contribution in [0.5, 0.6) is 0 Å². The fraction of sp³-hybridized carbons (Fsp3) is 0.857. The van der Waals surface area contributed by atoms with E-state index in [1.807, 2.05) is 27.7 Å². The SMILES string of the molecule is CC1(C)[C@@H](O)CC[C@]2(C)C3=C(C(O)C[C@@H]12)[C@]1(C)[C@H](O)C[C@](C)([C@]2(C)CCC(=O)O2)[C@@]1(C)CC3=O. The summed E-state index contributed by atoms with van der Waals surface area (Å²) in [4.78, 5) is 26.4. The Bertz CT molecular complexity index is 999. The summed E-state index contributed by atoms with van der Waals surface area (Å²) < 4.78 is 5.92. The van der Waals surface area contributed by atoms with Crippen molar-refractivity contribution in [3.8, 4) is 0 Å². The van der Waals surface area contributed by atoms with Gasteiger partial charge in [-0.25, -0.2) is 0 Å². The second kappa shape index (κ2) is 6.74. The molecule has 1 unspecified atom stereocenters. The summed E-state index contributed by atoms with van der Waals surface area (Å²) in [6.07, 6.45) is 1.23. The first kappa shape index (κ1) is 24.5. The third kappa shape index (κ3) is 2.48. The van der Waals surface area contributed by atoms with Crippen molar-refractivity contribution in [3.63, 3.8) is 0 Å². The van der Waals surface area contributed by atoms with Crippen LogP contribution in [0.3, 0.4) is 0 Å². The Balaban J connectivity index is 1.72. The lowest BCUT2D eigenvalue weighted by molar-refractivity contribution is -0.178. The number of rotatable bonds is 1. The Hall–Kier alpha value is -1.24. The number of allylic oxidation sites excluding steroid dienone is 1. The van der Waals surface area contributed by atoms with Crippen LogP contribution in [0.25, 0.3) is 0 Å².